The summed E-state index contributed by atoms with van der Waals surface area (Å²) in [4.78, 5) is 9.25. The van der Waals surface area contributed by atoms with Crippen LogP contribution in [0, 0.1) is 5.41 Å². The first-order valence-corrected chi connectivity index (χ1v) is 6.49. The number of carboxylic acid groups (broad SMARTS) is 1. The van der Waals surface area contributed by atoms with Crippen molar-refractivity contribution in [1.29, 1.82) is 0 Å². The minimum absolute atomic E-state index is 0.156. The highest BCUT2D eigenvalue weighted by molar-refractivity contribution is 5.78. The Labute approximate surface area is 126 Å². The van der Waals surface area contributed by atoms with Gasteiger partial charge in [-0.3, -0.25) is 0 Å². The number of hydrogen-bond donors (Lipinski definition) is 4. The number of ether oxygens (including phenoxy) is 1. The number of aliphatic hydroxyl groups excluding tert-OH is 3. The second-order valence-corrected chi connectivity index (χ2v) is 3.95. The second kappa shape index (κ2) is 18.4. The van der Waals surface area contributed by atoms with Crippen LogP contribution in [-0.2, 0) is 9.53 Å². The van der Waals surface area contributed by atoms with Crippen molar-refractivity contribution in [3.63, 3.8) is 0 Å². The fraction of sp³-hybridized carbons (Fsp3) is 0.533. The maximum Gasteiger partial charge on any atom is 0.327 e. The highest BCUT2D eigenvalue weighted by Crippen LogP contribution is 2.18. The third kappa shape index (κ3) is 18.4. The van der Waals surface area contributed by atoms with Crippen molar-refractivity contribution in [2.75, 3.05) is 19.8 Å². The average molecular weight is 304 g/mol. The molecule has 0 bridgehead atoms. The van der Waals surface area contributed by atoms with E-state index in [1.54, 1.807) is 12.5 Å². The van der Waals surface area contributed by atoms with Gasteiger partial charge in [0.1, 0.15) is 0 Å². The van der Waals surface area contributed by atoms with Crippen LogP contribution in [0.15, 0.2) is 37.3 Å². The highest BCUT2D eigenvalue weighted by Gasteiger charge is 2.24. The molecule has 0 saturated heterocycles. The number of carboxylic acids is 1. The van der Waals surface area contributed by atoms with Gasteiger partial charge in [0.2, 0.25) is 0 Å². The van der Waals surface area contributed by atoms with E-state index < -0.39 is 11.4 Å². The molecule has 0 rings (SSSR count). The summed E-state index contributed by atoms with van der Waals surface area (Å²) in [5.41, 5.74) is -0.667. The lowest BCUT2D eigenvalue weighted by molar-refractivity contribution is -0.131. The van der Waals surface area contributed by atoms with Crippen molar-refractivity contribution in [1.82, 2.24) is 0 Å². The molecule has 6 nitrogen and oxygen atoms in total. The topological polar surface area (TPSA) is 107 Å². The fourth-order valence-electron chi connectivity index (χ4n) is 0.688. The van der Waals surface area contributed by atoms with Crippen LogP contribution < -0.4 is 0 Å². The number of carbonyl (C=O) groups is 1. The summed E-state index contributed by atoms with van der Waals surface area (Å²) >= 11 is 0. The molecule has 0 saturated carbocycles. The van der Waals surface area contributed by atoms with E-state index >= 15 is 0 Å². The molecule has 0 aliphatic carbocycles. The smallest absolute Gasteiger partial charge is 0.327 e. The molecule has 0 amide bonds. The Morgan fingerprint density at radius 1 is 1.10 bits per heavy atom. The van der Waals surface area contributed by atoms with Gasteiger partial charge in [-0.25, -0.2) is 4.79 Å². The molecule has 21 heavy (non-hydrogen) atoms. The van der Waals surface area contributed by atoms with Crippen LogP contribution in [0.3, 0.4) is 0 Å². The second-order valence-electron chi connectivity index (χ2n) is 3.95. The Balaban J connectivity index is -0.000000242. The van der Waals surface area contributed by atoms with E-state index in [1.165, 1.54) is 0 Å². The monoisotopic (exact) mass is 304 g/mol. The van der Waals surface area contributed by atoms with E-state index in [1.807, 2.05) is 32.9 Å². The molecule has 0 atom stereocenters. The summed E-state index contributed by atoms with van der Waals surface area (Å²) < 4.78 is 4.77. The highest BCUT2D eigenvalue weighted by atomic mass is 16.5. The molecule has 0 aliphatic rings. The van der Waals surface area contributed by atoms with E-state index in [2.05, 4.69) is 6.58 Å². The molecule has 0 aromatic rings. The van der Waals surface area contributed by atoms with E-state index in [-0.39, 0.29) is 19.8 Å². The van der Waals surface area contributed by atoms with Gasteiger partial charge in [-0.2, -0.15) is 0 Å². The van der Waals surface area contributed by atoms with Gasteiger partial charge in [0.05, 0.1) is 32.3 Å². The summed E-state index contributed by atoms with van der Waals surface area (Å²) in [6.07, 6.45) is 8.34. The normalized spacial score (nSPS) is 10.4. The largest absolute Gasteiger partial charge is 0.478 e. The first kappa shape index (κ1) is 24.4. The molecule has 0 aliphatic heterocycles. The standard InChI is InChI=1S/C6H14O3.C6H10O.C3H4O2/c1-2-6(3-7,4-8)5-9;1-3-5-7-6-4-2;1-2-3(4)5/h7-9H,2-5H2,1H3;3-6H,1-2H3;2H,1H2,(H,4,5). The van der Waals surface area contributed by atoms with Gasteiger partial charge >= 0.3 is 5.97 Å². The molecule has 0 radical (unpaired) electrons. The molecule has 0 aromatic carbocycles. The minimum Gasteiger partial charge on any atom is -0.478 e. The Kier molecular flexibility index (Phi) is 21.3. The van der Waals surface area contributed by atoms with E-state index in [0.717, 1.165) is 6.08 Å². The maximum atomic E-state index is 9.25. The van der Waals surface area contributed by atoms with Crippen LogP contribution in [-0.4, -0.2) is 46.2 Å². The van der Waals surface area contributed by atoms with Gasteiger partial charge in [-0.1, -0.05) is 25.7 Å². The number of hydrogen-bond acceptors (Lipinski definition) is 5. The number of aliphatic carboxylic acids is 1. The molecular formula is C15H28O6. The number of allylic oxidation sites excluding steroid dienone is 2. The van der Waals surface area contributed by atoms with Gasteiger partial charge in [-0.05, 0) is 20.3 Å². The van der Waals surface area contributed by atoms with Crippen molar-refractivity contribution in [3.8, 4) is 0 Å². The van der Waals surface area contributed by atoms with Gasteiger partial charge in [0, 0.05) is 11.5 Å². The van der Waals surface area contributed by atoms with Gasteiger partial charge < -0.3 is 25.2 Å². The van der Waals surface area contributed by atoms with Gasteiger partial charge in [0.25, 0.3) is 0 Å². The average Bonchev–Trinajstić information content (AvgIpc) is 2.52. The Hall–Kier alpha value is -1.63. The van der Waals surface area contributed by atoms with Crippen LogP contribution in [0.4, 0.5) is 0 Å². The Morgan fingerprint density at radius 2 is 1.43 bits per heavy atom. The van der Waals surface area contributed by atoms with E-state index in [9.17, 15) is 4.79 Å². The van der Waals surface area contributed by atoms with Crippen molar-refractivity contribution in [2.45, 2.75) is 27.2 Å². The summed E-state index contributed by atoms with van der Waals surface area (Å²) in [5.74, 6) is -0.981. The van der Waals surface area contributed by atoms with Gasteiger partial charge in [0.15, 0.2) is 0 Å². The van der Waals surface area contributed by atoms with Crippen LogP contribution in [0.5, 0.6) is 0 Å². The number of rotatable bonds is 7. The summed E-state index contributed by atoms with van der Waals surface area (Å²) in [5, 5.41) is 33.6. The maximum absolute atomic E-state index is 9.25. The lowest BCUT2D eigenvalue weighted by atomic mass is 9.88. The van der Waals surface area contributed by atoms with Crippen LogP contribution >= 0.6 is 0 Å². The summed E-state index contributed by atoms with van der Waals surface area (Å²) in [7, 11) is 0. The lowest BCUT2D eigenvalue weighted by Gasteiger charge is -2.24. The molecule has 6 heteroatoms. The molecule has 0 aromatic heterocycles. The van der Waals surface area contributed by atoms with E-state index in [4.69, 9.17) is 25.2 Å². The Bertz CT molecular complexity index is 265. The molecular weight excluding hydrogens is 276 g/mol. The summed E-state index contributed by atoms with van der Waals surface area (Å²) in [6, 6.07) is 0. The molecule has 0 unspecified atom stereocenters. The first-order chi connectivity index (χ1) is 9.93. The minimum atomic E-state index is -0.981. The molecule has 4 N–H and O–H groups in total. The molecule has 124 valence electrons. The fourth-order valence-corrected chi connectivity index (χ4v) is 0.688. The quantitative estimate of drug-likeness (QED) is 0.421. The Morgan fingerprint density at radius 3 is 1.52 bits per heavy atom. The van der Waals surface area contributed by atoms with Crippen molar-refractivity contribution in [2.24, 2.45) is 5.41 Å². The van der Waals surface area contributed by atoms with E-state index in [0.29, 0.717) is 6.42 Å². The number of aliphatic hydroxyl groups is 3. The first-order valence-electron chi connectivity index (χ1n) is 6.49. The zero-order valence-corrected chi connectivity index (χ0v) is 13.0. The predicted molar refractivity (Wildman–Crippen MR) is 82.5 cm³/mol. The zero-order chi connectivity index (χ0) is 17.1. The predicted octanol–water partition coefficient (Wildman–Crippen LogP) is 1.69. The van der Waals surface area contributed by atoms with Crippen LogP contribution in [0.2, 0.25) is 0 Å². The molecule has 0 spiro atoms. The molecule has 0 heterocycles. The van der Waals surface area contributed by atoms with Crippen molar-refractivity contribution in [3.05, 3.63) is 37.3 Å². The third-order valence-corrected chi connectivity index (χ3v) is 2.36. The SMILES string of the molecule is C=CC(=O)O.CC=COC=CC.CCC(CO)(CO)CO. The van der Waals surface area contributed by atoms with Crippen molar-refractivity contribution < 1.29 is 30.0 Å². The lowest BCUT2D eigenvalue weighted by Crippen LogP contribution is -2.32. The zero-order valence-electron chi connectivity index (χ0n) is 13.0. The summed E-state index contributed by atoms with van der Waals surface area (Å²) in [6.45, 7) is 8.13. The van der Waals surface area contributed by atoms with Crippen molar-refractivity contribution >= 4 is 5.97 Å². The van der Waals surface area contributed by atoms with Gasteiger partial charge in [-0.15, -0.1) is 0 Å². The molecule has 0 fully saturated rings. The van der Waals surface area contributed by atoms with Crippen LogP contribution in [0.25, 0.3) is 0 Å². The van der Waals surface area contributed by atoms with Crippen LogP contribution in [0.1, 0.15) is 27.2 Å². The third-order valence-electron chi connectivity index (χ3n) is 2.36.